The zero-order valence-corrected chi connectivity index (χ0v) is 9.98. The Balaban J connectivity index is 2.20. The lowest BCUT2D eigenvalue weighted by molar-refractivity contribution is -0.117. The van der Waals surface area contributed by atoms with Gasteiger partial charge in [0.1, 0.15) is 0 Å². The lowest BCUT2D eigenvalue weighted by Crippen LogP contribution is -2.24. The molecule has 2 N–H and O–H groups in total. The first kappa shape index (κ1) is 11.9. The number of amides is 1. The molecule has 3 atom stereocenters. The summed E-state index contributed by atoms with van der Waals surface area (Å²) in [6, 6.07) is 0. The SMILES string of the molecule is CC1CCCC(CSC(C)C(N)=O)C1. The Kier molecular flexibility index (Phi) is 4.79. The summed E-state index contributed by atoms with van der Waals surface area (Å²) in [7, 11) is 0. The highest BCUT2D eigenvalue weighted by Gasteiger charge is 2.20. The van der Waals surface area contributed by atoms with Crippen LogP contribution in [0.1, 0.15) is 39.5 Å². The third-order valence-corrected chi connectivity index (χ3v) is 4.42. The van der Waals surface area contributed by atoms with Crippen molar-refractivity contribution in [3.63, 3.8) is 0 Å². The Bertz CT molecular complexity index is 196. The average Bonchev–Trinajstić information content (AvgIpc) is 2.14. The fourth-order valence-electron chi connectivity index (χ4n) is 2.07. The molecule has 0 aromatic rings. The second-order valence-corrected chi connectivity index (χ2v) is 5.89. The highest BCUT2D eigenvalue weighted by Crippen LogP contribution is 2.31. The molecule has 3 unspecified atom stereocenters. The zero-order chi connectivity index (χ0) is 10.6. The van der Waals surface area contributed by atoms with E-state index in [4.69, 9.17) is 5.73 Å². The second kappa shape index (κ2) is 5.64. The summed E-state index contributed by atoms with van der Waals surface area (Å²) < 4.78 is 0. The van der Waals surface area contributed by atoms with Crippen LogP contribution < -0.4 is 5.73 Å². The van der Waals surface area contributed by atoms with E-state index >= 15 is 0 Å². The Labute approximate surface area is 91.0 Å². The predicted molar refractivity (Wildman–Crippen MR) is 62.2 cm³/mol. The van der Waals surface area contributed by atoms with Crippen molar-refractivity contribution in [2.45, 2.75) is 44.8 Å². The van der Waals surface area contributed by atoms with E-state index in [1.807, 2.05) is 6.92 Å². The van der Waals surface area contributed by atoms with Crippen molar-refractivity contribution in [2.24, 2.45) is 17.6 Å². The molecule has 1 fully saturated rings. The van der Waals surface area contributed by atoms with Crippen LogP contribution in [0.15, 0.2) is 0 Å². The van der Waals surface area contributed by atoms with Crippen LogP contribution in [0.2, 0.25) is 0 Å². The maximum absolute atomic E-state index is 10.8. The van der Waals surface area contributed by atoms with Gasteiger partial charge >= 0.3 is 0 Å². The van der Waals surface area contributed by atoms with E-state index in [1.165, 1.54) is 25.7 Å². The van der Waals surface area contributed by atoms with Gasteiger partial charge in [0, 0.05) is 0 Å². The van der Waals surface area contributed by atoms with Gasteiger partial charge in [-0.2, -0.15) is 0 Å². The number of hydrogen-bond acceptors (Lipinski definition) is 2. The van der Waals surface area contributed by atoms with Crippen LogP contribution in [0.4, 0.5) is 0 Å². The van der Waals surface area contributed by atoms with Gasteiger partial charge < -0.3 is 5.73 Å². The first-order valence-corrected chi connectivity index (χ1v) is 6.55. The molecule has 0 bridgehead atoms. The minimum Gasteiger partial charge on any atom is -0.369 e. The van der Waals surface area contributed by atoms with Gasteiger partial charge in [-0.05, 0) is 37.4 Å². The molecule has 0 aliphatic heterocycles. The van der Waals surface area contributed by atoms with Crippen molar-refractivity contribution in [3.8, 4) is 0 Å². The highest BCUT2D eigenvalue weighted by molar-refractivity contribution is 8.00. The number of nitrogens with two attached hydrogens (primary N) is 1. The van der Waals surface area contributed by atoms with E-state index in [0.29, 0.717) is 0 Å². The number of rotatable bonds is 4. The van der Waals surface area contributed by atoms with Crippen molar-refractivity contribution in [3.05, 3.63) is 0 Å². The van der Waals surface area contributed by atoms with Crippen LogP contribution in [0.25, 0.3) is 0 Å². The molecular weight excluding hydrogens is 194 g/mol. The second-order valence-electron chi connectivity index (χ2n) is 4.52. The average molecular weight is 215 g/mol. The number of carbonyl (C=O) groups is 1. The topological polar surface area (TPSA) is 43.1 Å². The number of hydrogen-bond donors (Lipinski definition) is 1. The minimum absolute atomic E-state index is 0.0211. The maximum Gasteiger partial charge on any atom is 0.230 e. The molecule has 0 aromatic carbocycles. The molecule has 1 aliphatic carbocycles. The van der Waals surface area contributed by atoms with E-state index in [9.17, 15) is 4.79 Å². The van der Waals surface area contributed by atoms with Gasteiger partial charge in [-0.15, -0.1) is 11.8 Å². The van der Waals surface area contributed by atoms with Gasteiger partial charge in [0.15, 0.2) is 0 Å². The normalized spacial score (nSPS) is 29.9. The number of carbonyl (C=O) groups excluding carboxylic acids is 1. The Morgan fingerprint density at radius 2 is 2.29 bits per heavy atom. The van der Waals surface area contributed by atoms with Crippen LogP contribution in [0, 0.1) is 11.8 Å². The Hall–Kier alpha value is -0.180. The van der Waals surface area contributed by atoms with Crippen molar-refractivity contribution in [2.75, 3.05) is 5.75 Å². The first-order valence-electron chi connectivity index (χ1n) is 5.50. The largest absolute Gasteiger partial charge is 0.369 e. The molecule has 0 spiro atoms. The third kappa shape index (κ3) is 3.91. The minimum atomic E-state index is -0.182. The third-order valence-electron chi connectivity index (χ3n) is 3.03. The van der Waals surface area contributed by atoms with E-state index in [2.05, 4.69) is 6.92 Å². The first-order chi connectivity index (χ1) is 6.59. The number of thioether (sulfide) groups is 1. The lowest BCUT2D eigenvalue weighted by atomic mass is 9.83. The van der Waals surface area contributed by atoms with E-state index in [0.717, 1.165) is 17.6 Å². The fourth-order valence-corrected chi connectivity index (χ4v) is 3.10. The molecule has 0 aromatic heterocycles. The van der Waals surface area contributed by atoms with Crippen LogP contribution in [-0.4, -0.2) is 16.9 Å². The maximum atomic E-state index is 10.8. The summed E-state index contributed by atoms with van der Waals surface area (Å²) in [6.07, 6.45) is 5.41. The summed E-state index contributed by atoms with van der Waals surface area (Å²) in [5.41, 5.74) is 5.22. The molecule has 1 amide bonds. The molecular formula is C11H21NOS. The summed E-state index contributed by atoms with van der Waals surface area (Å²) in [6.45, 7) is 4.23. The van der Waals surface area contributed by atoms with Gasteiger partial charge in [0.2, 0.25) is 5.91 Å². The van der Waals surface area contributed by atoms with Gasteiger partial charge in [-0.3, -0.25) is 4.79 Å². The quantitative estimate of drug-likeness (QED) is 0.782. The molecule has 82 valence electrons. The van der Waals surface area contributed by atoms with Crippen molar-refractivity contribution < 1.29 is 4.79 Å². The van der Waals surface area contributed by atoms with Crippen LogP contribution in [-0.2, 0) is 4.79 Å². The summed E-state index contributed by atoms with van der Waals surface area (Å²) >= 11 is 1.72. The highest BCUT2D eigenvalue weighted by atomic mass is 32.2. The molecule has 14 heavy (non-hydrogen) atoms. The van der Waals surface area contributed by atoms with E-state index in [-0.39, 0.29) is 11.2 Å². The molecule has 1 aliphatic rings. The standard InChI is InChI=1S/C11H21NOS/c1-8-4-3-5-10(6-8)7-14-9(2)11(12)13/h8-10H,3-7H2,1-2H3,(H2,12,13). The number of primary amides is 1. The molecule has 0 saturated heterocycles. The van der Waals surface area contributed by atoms with E-state index < -0.39 is 0 Å². The van der Waals surface area contributed by atoms with Gasteiger partial charge in [-0.1, -0.05) is 19.8 Å². The lowest BCUT2D eigenvalue weighted by Gasteiger charge is -2.26. The fraction of sp³-hybridized carbons (Fsp3) is 0.909. The van der Waals surface area contributed by atoms with Crippen LogP contribution >= 0.6 is 11.8 Å². The smallest absolute Gasteiger partial charge is 0.230 e. The van der Waals surface area contributed by atoms with Gasteiger partial charge in [-0.25, -0.2) is 0 Å². The van der Waals surface area contributed by atoms with Crippen LogP contribution in [0.5, 0.6) is 0 Å². The van der Waals surface area contributed by atoms with Gasteiger partial charge in [0.25, 0.3) is 0 Å². The van der Waals surface area contributed by atoms with Gasteiger partial charge in [0.05, 0.1) is 5.25 Å². The Morgan fingerprint density at radius 3 is 2.86 bits per heavy atom. The van der Waals surface area contributed by atoms with E-state index in [1.54, 1.807) is 11.8 Å². The zero-order valence-electron chi connectivity index (χ0n) is 9.16. The Morgan fingerprint density at radius 1 is 1.57 bits per heavy atom. The molecule has 0 radical (unpaired) electrons. The summed E-state index contributed by atoms with van der Waals surface area (Å²) in [5, 5.41) is -0.0211. The van der Waals surface area contributed by atoms with Crippen molar-refractivity contribution in [1.29, 1.82) is 0 Å². The summed E-state index contributed by atoms with van der Waals surface area (Å²) in [5.74, 6) is 2.61. The monoisotopic (exact) mass is 215 g/mol. The molecule has 3 heteroatoms. The molecule has 1 saturated carbocycles. The predicted octanol–water partition coefficient (Wildman–Crippen LogP) is 2.42. The van der Waals surface area contributed by atoms with Crippen molar-refractivity contribution in [1.82, 2.24) is 0 Å². The van der Waals surface area contributed by atoms with Crippen molar-refractivity contribution >= 4 is 17.7 Å². The molecule has 0 heterocycles. The molecule has 1 rings (SSSR count). The molecule has 2 nitrogen and oxygen atoms in total. The van der Waals surface area contributed by atoms with Crippen LogP contribution in [0.3, 0.4) is 0 Å². The summed E-state index contributed by atoms with van der Waals surface area (Å²) in [4.78, 5) is 10.8.